The SMILES string of the molecule is NNC1(NN)C=CC2=C(c3ccccc3)c3ccccc3OC2=C1. The fraction of sp³-hybridized carbons (Fsp3) is 0.0526. The second-order valence-electron chi connectivity index (χ2n) is 5.75. The molecule has 4 rings (SSSR count). The van der Waals surface area contributed by atoms with E-state index in [0.717, 1.165) is 28.0 Å². The van der Waals surface area contributed by atoms with Crippen molar-refractivity contribution >= 4 is 5.57 Å². The lowest BCUT2D eigenvalue weighted by Gasteiger charge is -2.33. The number of rotatable bonds is 3. The van der Waals surface area contributed by atoms with Crippen molar-refractivity contribution in [2.45, 2.75) is 5.66 Å². The quantitative estimate of drug-likeness (QED) is 0.395. The first-order chi connectivity index (χ1) is 11.8. The average molecular weight is 318 g/mol. The molecule has 0 amide bonds. The fourth-order valence-corrected chi connectivity index (χ4v) is 3.08. The highest BCUT2D eigenvalue weighted by Gasteiger charge is 2.32. The first-order valence-electron chi connectivity index (χ1n) is 7.71. The molecule has 5 heteroatoms. The maximum Gasteiger partial charge on any atom is 0.136 e. The number of nitrogens with one attached hydrogen (secondary N) is 2. The summed E-state index contributed by atoms with van der Waals surface area (Å²) in [6.07, 6.45) is 5.71. The van der Waals surface area contributed by atoms with Gasteiger partial charge in [-0.05, 0) is 23.8 Å². The Balaban J connectivity index is 1.97. The topological polar surface area (TPSA) is 85.3 Å². The van der Waals surface area contributed by atoms with E-state index >= 15 is 0 Å². The van der Waals surface area contributed by atoms with E-state index in [2.05, 4.69) is 29.1 Å². The Kier molecular flexibility index (Phi) is 3.55. The van der Waals surface area contributed by atoms with Gasteiger partial charge in [0.2, 0.25) is 0 Å². The van der Waals surface area contributed by atoms with Gasteiger partial charge in [0, 0.05) is 16.7 Å². The molecular formula is C19H18N4O. The van der Waals surface area contributed by atoms with E-state index in [4.69, 9.17) is 16.4 Å². The maximum absolute atomic E-state index is 6.11. The number of ether oxygens (including phenoxy) is 1. The van der Waals surface area contributed by atoms with Gasteiger partial charge < -0.3 is 4.74 Å². The van der Waals surface area contributed by atoms with Crippen molar-refractivity contribution in [1.82, 2.24) is 10.9 Å². The summed E-state index contributed by atoms with van der Waals surface area (Å²) in [5, 5.41) is 0. The van der Waals surface area contributed by atoms with Gasteiger partial charge in [0.25, 0.3) is 0 Å². The van der Waals surface area contributed by atoms with Crippen LogP contribution >= 0.6 is 0 Å². The van der Waals surface area contributed by atoms with E-state index in [-0.39, 0.29) is 0 Å². The Hall–Kier alpha value is -2.70. The molecule has 2 aromatic rings. The van der Waals surface area contributed by atoms with Crippen LogP contribution in [0.4, 0.5) is 0 Å². The highest BCUT2D eigenvalue weighted by atomic mass is 16.5. The van der Waals surface area contributed by atoms with Crippen LogP contribution in [0.15, 0.2) is 84.2 Å². The molecule has 0 aromatic heterocycles. The second kappa shape index (κ2) is 5.74. The summed E-state index contributed by atoms with van der Waals surface area (Å²) in [5.74, 6) is 12.8. The third-order valence-corrected chi connectivity index (χ3v) is 4.32. The first-order valence-corrected chi connectivity index (χ1v) is 7.71. The van der Waals surface area contributed by atoms with Gasteiger partial charge in [-0.3, -0.25) is 11.7 Å². The molecule has 0 fully saturated rings. The molecule has 2 aliphatic rings. The molecule has 2 aromatic carbocycles. The van der Waals surface area contributed by atoms with Crippen LogP contribution in [0, 0.1) is 0 Å². The molecule has 24 heavy (non-hydrogen) atoms. The van der Waals surface area contributed by atoms with Gasteiger partial charge in [0.05, 0.1) is 0 Å². The lowest BCUT2D eigenvalue weighted by atomic mass is 9.86. The predicted molar refractivity (Wildman–Crippen MR) is 94.1 cm³/mol. The van der Waals surface area contributed by atoms with Gasteiger partial charge in [0.1, 0.15) is 17.2 Å². The van der Waals surface area contributed by atoms with E-state index in [9.17, 15) is 0 Å². The molecule has 0 spiro atoms. The Morgan fingerprint density at radius 2 is 1.58 bits per heavy atom. The van der Waals surface area contributed by atoms with Crippen LogP contribution in [0.3, 0.4) is 0 Å². The average Bonchev–Trinajstić information content (AvgIpc) is 2.66. The van der Waals surface area contributed by atoms with Gasteiger partial charge in [-0.1, -0.05) is 54.6 Å². The lowest BCUT2D eigenvalue weighted by molar-refractivity contribution is 0.371. The van der Waals surface area contributed by atoms with Crippen molar-refractivity contribution in [1.29, 1.82) is 0 Å². The minimum atomic E-state index is -0.840. The number of hydrogen-bond acceptors (Lipinski definition) is 5. The first kappa shape index (κ1) is 14.9. The molecule has 0 bridgehead atoms. The van der Waals surface area contributed by atoms with E-state index < -0.39 is 5.66 Å². The number of allylic oxidation sites excluding steroid dienone is 1. The molecule has 1 heterocycles. The number of hydrazine groups is 2. The van der Waals surface area contributed by atoms with Crippen molar-refractivity contribution in [2.75, 3.05) is 0 Å². The Morgan fingerprint density at radius 1 is 0.875 bits per heavy atom. The molecule has 6 N–H and O–H groups in total. The van der Waals surface area contributed by atoms with Crippen LogP contribution in [0.1, 0.15) is 11.1 Å². The van der Waals surface area contributed by atoms with Crippen LogP contribution in [0.2, 0.25) is 0 Å². The summed E-state index contributed by atoms with van der Waals surface area (Å²) in [6.45, 7) is 0. The van der Waals surface area contributed by atoms with Crippen molar-refractivity contribution < 1.29 is 4.74 Å². The molecule has 0 saturated heterocycles. The molecule has 0 saturated carbocycles. The maximum atomic E-state index is 6.11. The van der Waals surface area contributed by atoms with Crippen LogP contribution in [-0.4, -0.2) is 5.66 Å². The standard InChI is InChI=1S/C19H18N4O/c20-22-19(23-21)11-10-15-17(12-19)24-16-9-5-4-8-14(16)18(15)13-6-2-1-3-7-13/h1-12,22-23H,20-21H2. The van der Waals surface area contributed by atoms with Crippen LogP contribution in [0.25, 0.3) is 5.57 Å². The summed E-state index contributed by atoms with van der Waals surface area (Å²) in [5.41, 5.74) is 8.84. The largest absolute Gasteiger partial charge is 0.456 e. The zero-order valence-corrected chi connectivity index (χ0v) is 13.0. The minimum absolute atomic E-state index is 0.714. The summed E-state index contributed by atoms with van der Waals surface area (Å²) < 4.78 is 6.11. The number of benzene rings is 2. The fourth-order valence-electron chi connectivity index (χ4n) is 3.08. The van der Waals surface area contributed by atoms with E-state index in [1.54, 1.807) is 0 Å². The Labute approximate surface area is 140 Å². The molecule has 0 unspecified atom stereocenters. The molecular weight excluding hydrogens is 300 g/mol. The van der Waals surface area contributed by atoms with Gasteiger partial charge in [-0.25, -0.2) is 10.9 Å². The molecule has 0 atom stereocenters. The molecule has 0 radical (unpaired) electrons. The Bertz CT molecular complexity index is 864. The number of hydrogen-bond donors (Lipinski definition) is 4. The van der Waals surface area contributed by atoms with Crippen molar-refractivity contribution in [3.8, 4) is 5.75 Å². The Morgan fingerprint density at radius 3 is 2.33 bits per heavy atom. The molecule has 1 aliphatic carbocycles. The smallest absolute Gasteiger partial charge is 0.136 e. The van der Waals surface area contributed by atoms with E-state index in [1.807, 2.05) is 54.6 Å². The van der Waals surface area contributed by atoms with Gasteiger partial charge in [-0.2, -0.15) is 0 Å². The minimum Gasteiger partial charge on any atom is -0.456 e. The third-order valence-electron chi connectivity index (χ3n) is 4.32. The van der Waals surface area contributed by atoms with Crippen LogP contribution < -0.4 is 27.3 Å². The van der Waals surface area contributed by atoms with Gasteiger partial charge in [-0.15, -0.1) is 0 Å². The zero-order chi connectivity index (χ0) is 16.6. The van der Waals surface area contributed by atoms with E-state index in [1.165, 1.54) is 0 Å². The second-order valence-corrected chi connectivity index (χ2v) is 5.75. The van der Waals surface area contributed by atoms with E-state index in [0.29, 0.717) is 5.76 Å². The molecule has 1 aliphatic heterocycles. The molecule has 5 nitrogen and oxygen atoms in total. The van der Waals surface area contributed by atoms with Crippen molar-refractivity contribution in [2.24, 2.45) is 11.7 Å². The van der Waals surface area contributed by atoms with Crippen molar-refractivity contribution in [3.05, 3.63) is 95.3 Å². The number of nitrogens with two attached hydrogens (primary N) is 2. The highest BCUT2D eigenvalue weighted by molar-refractivity contribution is 5.90. The third kappa shape index (κ3) is 2.28. The van der Waals surface area contributed by atoms with Gasteiger partial charge in [0.15, 0.2) is 0 Å². The van der Waals surface area contributed by atoms with Crippen LogP contribution in [-0.2, 0) is 0 Å². The van der Waals surface area contributed by atoms with Gasteiger partial charge >= 0.3 is 0 Å². The monoisotopic (exact) mass is 318 g/mol. The highest BCUT2D eigenvalue weighted by Crippen LogP contribution is 2.43. The zero-order valence-electron chi connectivity index (χ0n) is 13.0. The van der Waals surface area contributed by atoms with Crippen LogP contribution in [0.5, 0.6) is 5.75 Å². The number of fused-ring (bicyclic) bond motifs is 2. The normalized spacial score (nSPS) is 17.7. The summed E-state index contributed by atoms with van der Waals surface area (Å²) in [6, 6.07) is 18.3. The predicted octanol–water partition coefficient (Wildman–Crippen LogP) is 1.96. The lowest BCUT2D eigenvalue weighted by Crippen LogP contribution is -2.60. The number of para-hydroxylation sites is 1. The summed E-state index contributed by atoms with van der Waals surface area (Å²) in [4.78, 5) is 0. The molecule has 120 valence electrons. The van der Waals surface area contributed by atoms with Crippen molar-refractivity contribution in [3.63, 3.8) is 0 Å². The summed E-state index contributed by atoms with van der Waals surface area (Å²) >= 11 is 0. The summed E-state index contributed by atoms with van der Waals surface area (Å²) in [7, 11) is 0.